The lowest BCUT2D eigenvalue weighted by Gasteiger charge is -2.39. The molecule has 2 fully saturated rings. The van der Waals surface area contributed by atoms with Crippen molar-refractivity contribution in [3.8, 4) is 0 Å². The molecule has 23 heavy (non-hydrogen) atoms. The Morgan fingerprint density at radius 3 is 2.52 bits per heavy atom. The van der Waals surface area contributed by atoms with Crippen molar-refractivity contribution in [3.63, 3.8) is 0 Å². The third kappa shape index (κ3) is 3.86. The van der Waals surface area contributed by atoms with E-state index in [1.165, 1.54) is 6.33 Å². The summed E-state index contributed by atoms with van der Waals surface area (Å²) in [6.07, 6.45) is 3.39. The molecule has 1 aliphatic carbocycles. The van der Waals surface area contributed by atoms with Crippen molar-refractivity contribution in [3.05, 3.63) is 17.5 Å². The number of halogens is 1. The van der Waals surface area contributed by atoms with Gasteiger partial charge in [-0.15, -0.1) is 0 Å². The molecule has 2 aliphatic rings. The van der Waals surface area contributed by atoms with Crippen LogP contribution in [0.15, 0.2) is 12.4 Å². The summed E-state index contributed by atoms with van der Waals surface area (Å²) in [5, 5.41) is 3.53. The Hall–Kier alpha value is -1.56. The molecule has 6 nitrogen and oxygen atoms in total. The zero-order valence-electron chi connectivity index (χ0n) is 13.8. The van der Waals surface area contributed by atoms with Gasteiger partial charge < -0.3 is 15.0 Å². The van der Waals surface area contributed by atoms with Crippen molar-refractivity contribution in [2.45, 2.75) is 45.3 Å². The highest BCUT2D eigenvalue weighted by Crippen LogP contribution is 2.38. The second-order valence-electron chi connectivity index (χ2n) is 7.37. The molecular formula is C16H23ClN4O2. The molecule has 1 aromatic heterocycles. The highest BCUT2D eigenvalue weighted by molar-refractivity contribution is 6.29. The van der Waals surface area contributed by atoms with Gasteiger partial charge in [-0.2, -0.15) is 0 Å². The molecule has 1 saturated carbocycles. The van der Waals surface area contributed by atoms with Crippen LogP contribution in [-0.2, 0) is 4.74 Å². The van der Waals surface area contributed by atoms with Crippen LogP contribution < -0.4 is 10.2 Å². The highest BCUT2D eigenvalue weighted by atomic mass is 35.5. The van der Waals surface area contributed by atoms with Gasteiger partial charge in [0.05, 0.1) is 0 Å². The van der Waals surface area contributed by atoms with E-state index in [9.17, 15) is 4.79 Å². The number of ether oxygens (including phenoxy) is 1. The summed E-state index contributed by atoms with van der Waals surface area (Å²) in [5.74, 6) is 1.68. The SMILES string of the molecule is CC(C)(C)OC(=O)NC1C2CCC1CN(c1cc(Cl)ncn1)C2. The maximum Gasteiger partial charge on any atom is 0.407 e. The van der Waals surface area contributed by atoms with Crippen LogP contribution in [0.1, 0.15) is 33.6 Å². The number of aromatic nitrogens is 2. The minimum Gasteiger partial charge on any atom is -0.444 e. The standard InChI is InChI=1S/C16H23ClN4O2/c1-16(2,3)23-15(22)20-14-10-4-5-11(14)8-21(7-10)13-6-12(17)18-9-19-13/h6,9-11,14H,4-5,7-8H2,1-3H3,(H,20,22). The Kier molecular flexibility index (Phi) is 4.36. The number of rotatable bonds is 2. The fraction of sp³-hybridized carbons (Fsp3) is 0.688. The van der Waals surface area contributed by atoms with Gasteiger partial charge in [0.15, 0.2) is 0 Å². The van der Waals surface area contributed by atoms with Crippen LogP contribution in [-0.4, -0.2) is 40.8 Å². The van der Waals surface area contributed by atoms with E-state index in [0.717, 1.165) is 31.7 Å². The van der Waals surface area contributed by atoms with E-state index in [-0.39, 0.29) is 12.1 Å². The van der Waals surface area contributed by atoms with Crippen molar-refractivity contribution in [1.82, 2.24) is 15.3 Å². The third-order valence-electron chi connectivity index (χ3n) is 4.46. The maximum atomic E-state index is 12.1. The molecule has 2 bridgehead atoms. The Bertz CT molecular complexity index is 576. The van der Waals surface area contributed by atoms with E-state index in [4.69, 9.17) is 16.3 Å². The first-order valence-corrected chi connectivity index (χ1v) is 8.41. The van der Waals surface area contributed by atoms with Crippen LogP contribution in [0.3, 0.4) is 0 Å². The molecule has 1 amide bonds. The van der Waals surface area contributed by atoms with Crippen LogP contribution in [0, 0.1) is 11.8 Å². The first-order chi connectivity index (χ1) is 10.8. The topological polar surface area (TPSA) is 67.3 Å². The first-order valence-electron chi connectivity index (χ1n) is 8.04. The Balaban J connectivity index is 1.64. The first kappa shape index (κ1) is 16.3. The number of nitrogens with one attached hydrogen (secondary N) is 1. The van der Waals surface area contributed by atoms with E-state index < -0.39 is 5.60 Å². The molecular weight excluding hydrogens is 316 g/mol. The van der Waals surface area contributed by atoms with Crippen LogP contribution in [0.25, 0.3) is 0 Å². The molecule has 2 atom stereocenters. The molecule has 1 N–H and O–H groups in total. The third-order valence-corrected chi connectivity index (χ3v) is 4.67. The van der Waals surface area contributed by atoms with Crippen LogP contribution in [0.5, 0.6) is 0 Å². The molecule has 7 heteroatoms. The minimum atomic E-state index is -0.471. The van der Waals surface area contributed by atoms with Crippen LogP contribution in [0.2, 0.25) is 5.15 Å². The molecule has 1 aromatic rings. The number of piperidine rings is 1. The summed E-state index contributed by atoms with van der Waals surface area (Å²) in [7, 11) is 0. The summed E-state index contributed by atoms with van der Waals surface area (Å²) in [6.45, 7) is 7.36. The summed E-state index contributed by atoms with van der Waals surface area (Å²) < 4.78 is 5.39. The van der Waals surface area contributed by atoms with Crippen LogP contribution in [0.4, 0.5) is 10.6 Å². The minimum absolute atomic E-state index is 0.179. The fourth-order valence-corrected chi connectivity index (χ4v) is 3.73. The predicted octanol–water partition coefficient (Wildman–Crippen LogP) is 2.87. The molecule has 0 radical (unpaired) electrons. The van der Waals surface area contributed by atoms with Gasteiger partial charge in [-0.05, 0) is 45.4 Å². The van der Waals surface area contributed by atoms with E-state index in [2.05, 4.69) is 20.2 Å². The van der Waals surface area contributed by atoms with Gasteiger partial charge in [-0.1, -0.05) is 11.6 Å². The normalized spacial score (nSPS) is 27.0. The number of carbonyl (C=O) groups excluding carboxylic acids is 1. The van der Waals surface area contributed by atoms with Crippen molar-refractivity contribution < 1.29 is 9.53 Å². The lowest BCUT2D eigenvalue weighted by molar-refractivity contribution is 0.0472. The molecule has 0 aromatic carbocycles. The molecule has 3 rings (SSSR count). The largest absolute Gasteiger partial charge is 0.444 e. The summed E-state index contributed by atoms with van der Waals surface area (Å²) >= 11 is 5.96. The van der Waals surface area contributed by atoms with Gasteiger partial charge in [-0.25, -0.2) is 14.8 Å². The average molecular weight is 339 g/mol. The molecule has 1 aliphatic heterocycles. The van der Waals surface area contributed by atoms with Gasteiger partial charge in [0.25, 0.3) is 0 Å². The number of hydrogen-bond acceptors (Lipinski definition) is 5. The summed E-state index contributed by atoms with van der Waals surface area (Å²) in [5.41, 5.74) is -0.471. The molecule has 2 unspecified atom stereocenters. The number of nitrogens with zero attached hydrogens (tertiary/aromatic N) is 3. The number of fused-ring (bicyclic) bond motifs is 2. The van der Waals surface area contributed by atoms with Crippen molar-refractivity contribution in [2.75, 3.05) is 18.0 Å². The molecule has 2 heterocycles. The number of anilines is 1. The van der Waals surface area contributed by atoms with Gasteiger partial charge in [-0.3, -0.25) is 0 Å². The van der Waals surface area contributed by atoms with Gasteiger partial charge >= 0.3 is 6.09 Å². The van der Waals surface area contributed by atoms with E-state index in [1.54, 1.807) is 6.07 Å². The Morgan fingerprint density at radius 2 is 1.96 bits per heavy atom. The second-order valence-corrected chi connectivity index (χ2v) is 7.76. The number of hydrogen-bond donors (Lipinski definition) is 1. The predicted molar refractivity (Wildman–Crippen MR) is 88.6 cm³/mol. The van der Waals surface area contributed by atoms with Gasteiger partial charge in [0.1, 0.15) is 22.9 Å². The fourth-order valence-electron chi connectivity index (χ4n) is 3.59. The Labute approximate surface area is 141 Å². The lowest BCUT2D eigenvalue weighted by atomic mass is 9.92. The number of carbonyl (C=O) groups is 1. The van der Waals surface area contributed by atoms with Crippen molar-refractivity contribution >= 4 is 23.5 Å². The molecule has 126 valence electrons. The zero-order valence-corrected chi connectivity index (χ0v) is 14.5. The van der Waals surface area contributed by atoms with E-state index in [0.29, 0.717) is 17.0 Å². The monoisotopic (exact) mass is 338 g/mol. The quantitative estimate of drug-likeness (QED) is 0.840. The van der Waals surface area contributed by atoms with Gasteiger partial charge in [0.2, 0.25) is 0 Å². The van der Waals surface area contributed by atoms with Crippen LogP contribution >= 0.6 is 11.6 Å². The summed E-state index contributed by atoms with van der Waals surface area (Å²) in [6, 6.07) is 1.97. The smallest absolute Gasteiger partial charge is 0.407 e. The summed E-state index contributed by atoms with van der Waals surface area (Å²) in [4.78, 5) is 22.5. The molecule has 1 saturated heterocycles. The maximum absolute atomic E-state index is 12.1. The zero-order chi connectivity index (χ0) is 16.6. The second kappa shape index (κ2) is 6.15. The van der Waals surface area contributed by atoms with Crippen molar-refractivity contribution in [1.29, 1.82) is 0 Å². The number of amides is 1. The van der Waals surface area contributed by atoms with E-state index >= 15 is 0 Å². The lowest BCUT2D eigenvalue weighted by Crippen LogP contribution is -2.53. The highest BCUT2D eigenvalue weighted by Gasteiger charge is 2.43. The van der Waals surface area contributed by atoms with Gasteiger partial charge in [0, 0.05) is 25.2 Å². The Morgan fingerprint density at radius 1 is 1.30 bits per heavy atom. The van der Waals surface area contributed by atoms with Crippen molar-refractivity contribution in [2.24, 2.45) is 11.8 Å². The molecule has 0 spiro atoms. The average Bonchev–Trinajstić information content (AvgIpc) is 2.68. The number of alkyl carbamates (subject to hydrolysis) is 1. The van der Waals surface area contributed by atoms with E-state index in [1.807, 2.05) is 20.8 Å².